The van der Waals surface area contributed by atoms with E-state index in [1.807, 2.05) is 0 Å². The second-order valence-electron chi connectivity index (χ2n) is 3.81. The van der Waals surface area contributed by atoms with E-state index >= 15 is 0 Å². The van der Waals surface area contributed by atoms with Crippen LogP contribution < -0.4 is 0 Å². The molecule has 0 radical (unpaired) electrons. The molecule has 0 unspecified atom stereocenters. The normalized spacial score (nSPS) is 17.2. The number of Topliss-reactive ketones (excluding diaryl/α,β-unsaturated/α-hetero) is 1. The molecule has 0 aliphatic carbocycles. The molecule has 0 spiro atoms. The highest BCUT2D eigenvalue weighted by molar-refractivity contribution is 7.95. The highest BCUT2D eigenvalue weighted by Gasteiger charge is 2.40. The third-order valence-corrected chi connectivity index (χ3v) is 4.06. The van der Waals surface area contributed by atoms with Crippen LogP contribution in [-0.2, 0) is 20.8 Å². The summed E-state index contributed by atoms with van der Waals surface area (Å²) in [7, 11) is -3.97. The molecule has 7 heteroatoms. The van der Waals surface area contributed by atoms with E-state index in [4.69, 9.17) is 0 Å². The van der Waals surface area contributed by atoms with Gasteiger partial charge in [0.1, 0.15) is 0 Å². The van der Waals surface area contributed by atoms with Gasteiger partial charge in [-0.05, 0) is 19.1 Å². The molecular weight excluding hydrogens is 269 g/mol. The van der Waals surface area contributed by atoms with Gasteiger partial charge in [-0.25, -0.2) is 8.42 Å². The summed E-state index contributed by atoms with van der Waals surface area (Å²) < 4.78 is 61.7. The van der Waals surface area contributed by atoms with Gasteiger partial charge in [-0.1, -0.05) is 6.07 Å². The minimum atomic E-state index is -4.71. The molecule has 0 aromatic heterocycles. The van der Waals surface area contributed by atoms with Crippen molar-refractivity contribution in [1.82, 2.24) is 0 Å². The van der Waals surface area contributed by atoms with E-state index in [9.17, 15) is 26.4 Å². The van der Waals surface area contributed by atoms with Crippen LogP contribution in [0.25, 0.3) is 5.57 Å². The van der Waals surface area contributed by atoms with E-state index in [-0.39, 0.29) is 0 Å². The van der Waals surface area contributed by atoms with Gasteiger partial charge in [-0.3, -0.25) is 4.79 Å². The number of hydrogen-bond donors (Lipinski definition) is 0. The van der Waals surface area contributed by atoms with Gasteiger partial charge in [0.15, 0.2) is 5.78 Å². The molecule has 1 aliphatic rings. The van der Waals surface area contributed by atoms with Crippen molar-refractivity contribution in [1.29, 1.82) is 0 Å². The third-order valence-electron chi connectivity index (χ3n) is 2.56. The topological polar surface area (TPSA) is 51.2 Å². The summed E-state index contributed by atoms with van der Waals surface area (Å²) in [4.78, 5) is 10.8. The van der Waals surface area contributed by atoms with Crippen molar-refractivity contribution in [2.24, 2.45) is 0 Å². The summed E-state index contributed by atoms with van der Waals surface area (Å²) in [6, 6.07) is 2.83. The van der Waals surface area contributed by atoms with E-state index < -0.39 is 43.4 Å². The number of halogens is 3. The number of carbonyl (C=O) groups is 1. The zero-order valence-electron chi connectivity index (χ0n) is 9.08. The largest absolute Gasteiger partial charge is 0.417 e. The van der Waals surface area contributed by atoms with Crippen molar-refractivity contribution < 1.29 is 26.4 Å². The summed E-state index contributed by atoms with van der Waals surface area (Å²) in [5.41, 5.74) is -2.07. The number of rotatable bonds is 1. The summed E-state index contributed by atoms with van der Waals surface area (Å²) in [5, 5.41) is 0.592. The molecule has 1 heterocycles. The number of allylic oxidation sites excluding steroid dienone is 1. The molecule has 0 bridgehead atoms. The molecule has 0 amide bonds. The van der Waals surface area contributed by atoms with Crippen molar-refractivity contribution in [2.75, 3.05) is 0 Å². The average Bonchev–Trinajstić information content (AvgIpc) is 2.50. The van der Waals surface area contributed by atoms with Gasteiger partial charge >= 0.3 is 6.18 Å². The standard InChI is InChI=1S/C11H7F3O3S/c1-6(15)7-5-18(16,17)9-4-2-3-8(10(7)9)11(12,13)14/h2-5H,1H3. The molecule has 0 N–H and O–H groups in total. The zero-order chi connectivity index (χ0) is 13.7. The van der Waals surface area contributed by atoms with Crippen molar-refractivity contribution in [2.45, 2.75) is 18.0 Å². The maximum absolute atomic E-state index is 12.8. The van der Waals surface area contributed by atoms with E-state index in [2.05, 4.69) is 0 Å². The molecule has 1 aliphatic heterocycles. The Morgan fingerprint density at radius 2 is 1.83 bits per heavy atom. The van der Waals surface area contributed by atoms with Gasteiger partial charge < -0.3 is 0 Å². The first-order valence-corrected chi connectivity index (χ1v) is 6.37. The maximum atomic E-state index is 12.8. The highest BCUT2D eigenvalue weighted by Crippen LogP contribution is 2.42. The average molecular weight is 276 g/mol. The van der Waals surface area contributed by atoms with Crippen molar-refractivity contribution in [3.05, 3.63) is 34.7 Å². The lowest BCUT2D eigenvalue weighted by atomic mass is 9.98. The van der Waals surface area contributed by atoms with Crippen LogP contribution in [0.15, 0.2) is 28.5 Å². The van der Waals surface area contributed by atoms with E-state index in [1.165, 1.54) is 0 Å². The molecule has 0 saturated heterocycles. The van der Waals surface area contributed by atoms with Crippen LogP contribution in [0.5, 0.6) is 0 Å². The summed E-state index contributed by atoms with van der Waals surface area (Å²) in [5.74, 6) is -0.714. The van der Waals surface area contributed by atoms with Crippen LogP contribution in [0.2, 0.25) is 0 Å². The summed E-state index contributed by atoms with van der Waals surface area (Å²) in [6.45, 7) is 1.03. The van der Waals surface area contributed by atoms with Gasteiger partial charge in [0, 0.05) is 16.5 Å². The predicted molar refractivity (Wildman–Crippen MR) is 57.3 cm³/mol. The molecule has 0 fully saturated rings. The lowest BCUT2D eigenvalue weighted by molar-refractivity contribution is -0.137. The van der Waals surface area contributed by atoms with Crippen LogP contribution in [0.3, 0.4) is 0 Å². The predicted octanol–water partition coefficient (Wildman–Crippen LogP) is 2.42. The van der Waals surface area contributed by atoms with Crippen molar-refractivity contribution in [3.63, 3.8) is 0 Å². The number of ketones is 1. The Morgan fingerprint density at radius 1 is 1.22 bits per heavy atom. The Kier molecular flexibility index (Phi) is 2.62. The van der Waals surface area contributed by atoms with Crippen LogP contribution in [0.4, 0.5) is 13.2 Å². The van der Waals surface area contributed by atoms with Gasteiger partial charge in [0.25, 0.3) is 0 Å². The summed E-state index contributed by atoms with van der Waals surface area (Å²) in [6.07, 6.45) is -4.71. The number of sulfone groups is 1. The van der Waals surface area contributed by atoms with E-state index in [0.717, 1.165) is 25.1 Å². The molecule has 1 aromatic carbocycles. The Balaban J connectivity index is 2.87. The maximum Gasteiger partial charge on any atom is 0.417 e. The quantitative estimate of drug-likeness (QED) is 0.791. The number of alkyl halides is 3. The Bertz CT molecular complexity index is 669. The van der Waals surface area contributed by atoms with Crippen LogP contribution >= 0.6 is 0 Å². The van der Waals surface area contributed by atoms with Gasteiger partial charge in [-0.15, -0.1) is 0 Å². The molecule has 0 atom stereocenters. The van der Waals surface area contributed by atoms with E-state index in [0.29, 0.717) is 5.41 Å². The smallest absolute Gasteiger partial charge is 0.294 e. The molecule has 3 nitrogen and oxygen atoms in total. The Hall–Kier alpha value is -1.63. The monoisotopic (exact) mass is 276 g/mol. The van der Waals surface area contributed by atoms with Crippen molar-refractivity contribution >= 4 is 21.2 Å². The van der Waals surface area contributed by atoms with Crippen molar-refractivity contribution in [3.8, 4) is 0 Å². The SMILES string of the molecule is CC(=O)C1=CS(=O)(=O)c2cccc(C(F)(F)F)c21. The number of hydrogen-bond acceptors (Lipinski definition) is 3. The van der Waals surface area contributed by atoms with Crippen LogP contribution in [-0.4, -0.2) is 14.2 Å². The van der Waals surface area contributed by atoms with Crippen LogP contribution in [0.1, 0.15) is 18.1 Å². The lowest BCUT2D eigenvalue weighted by Gasteiger charge is -2.12. The number of carbonyl (C=O) groups excluding carboxylic acids is 1. The first-order valence-electron chi connectivity index (χ1n) is 4.83. The number of benzene rings is 1. The van der Waals surface area contributed by atoms with Crippen LogP contribution in [0, 0.1) is 0 Å². The lowest BCUT2D eigenvalue weighted by Crippen LogP contribution is -2.11. The first-order chi connectivity index (χ1) is 8.14. The first kappa shape index (κ1) is 12.8. The highest BCUT2D eigenvalue weighted by atomic mass is 32.2. The molecule has 96 valence electrons. The Morgan fingerprint density at radius 3 is 2.33 bits per heavy atom. The molecule has 1 aromatic rings. The third kappa shape index (κ3) is 1.84. The fourth-order valence-corrected chi connectivity index (χ4v) is 3.31. The van der Waals surface area contributed by atoms with Gasteiger partial charge in [0.05, 0.1) is 10.5 Å². The van der Waals surface area contributed by atoms with Gasteiger partial charge in [-0.2, -0.15) is 13.2 Å². The molecule has 18 heavy (non-hydrogen) atoms. The minimum Gasteiger partial charge on any atom is -0.294 e. The molecule has 0 saturated carbocycles. The summed E-state index contributed by atoms with van der Waals surface area (Å²) >= 11 is 0. The van der Waals surface area contributed by atoms with E-state index in [1.54, 1.807) is 0 Å². The minimum absolute atomic E-state index is 0.419. The second-order valence-corrected chi connectivity index (χ2v) is 5.57. The Labute approximate surface area is 101 Å². The molecular formula is C11H7F3O3S. The molecule has 2 rings (SSSR count). The second kappa shape index (κ2) is 3.68. The number of fused-ring (bicyclic) bond motifs is 1. The fourth-order valence-electron chi connectivity index (χ4n) is 1.82. The fraction of sp³-hybridized carbons (Fsp3) is 0.182. The zero-order valence-corrected chi connectivity index (χ0v) is 9.89. The van der Waals surface area contributed by atoms with Gasteiger partial charge in [0.2, 0.25) is 9.84 Å².